The number of benzene rings is 1. The molecule has 1 aliphatic rings. The Kier molecular flexibility index (Phi) is 10.2. The summed E-state index contributed by atoms with van der Waals surface area (Å²) in [5.74, 6) is -1.57. The number of amides is 3. The van der Waals surface area contributed by atoms with Gasteiger partial charge in [0.2, 0.25) is 12.0 Å². The highest BCUT2D eigenvalue weighted by Crippen LogP contribution is 2.22. The topological polar surface area (TPSA) is 132 Å². The molecule has 3 atom stereocenters. The molecule has 9 nitrogen and oxygen atoms in total. The first-order valence-corrected chi connectivity index (χ1v) is 9.10. The molecular formula is C17H24Cl2N4O5. The van der Waals surface area contributed by atoms with Gasteiger partial charge in [-0.25, -0.2) is 0 Å². The molecule has 0 spiro atoms. The lowest BCUT2D eigenvalue weighted by Gasteiger charge is -2.18. The van der Waals surface area contributed by atoms with Crippen molar-refractivity contribution in [2.45, 2.75) is 24.7 Å². The molecule has 0 aromatic heterocycles. The van der Waals surface area contributed by atoms with Gasteiger partial charge in [0.15, 0.2) is 0 Å². The first-order chi connectivity index (χ1) is 13.3. The van der Waals surface area contributed by atoms with Crippen LogP contribution in [0.15, 0.2) is 18.2 Å². The van der Waals surface area contributed by atoms with Gasteiger partial charge in [-0.1, -0.05) is 23.2 Å². The van der Waals surface area contributed by atoms with E-state index in [2.05, 4.69) is 21.7 Å². The molecule has 1 heterocycles. The average Bonchev–Trinajstić information content (AvgIpc) is 3.10. The summed E-state index contributed by atoms with van der Waals surface area (Å²) < 4.78 is 10.3. The van der Waals surface area contributed by atoms with Crippen molar-refractivity contribution in [2.24, 2.45) is 5.73 Å². The molecule has 0 radical (unpaired) electrons. The molecule has 28 heavy (non-hydrogen) atoms. The highest BCUT2D eigenvalue weighted by Gasteiger charge is 2.34. The van der Waals surface area contributed by atoms with Crippen molar-refractivity contribution in [1.82, 2.24) is 10.6 Å². The van der Waals surface area contributed by atoms with E-state index >= 15 is 0 Å². The van der Waals surface area contributed by atoms with Crippen molar-refractivity contribution in [1.29, 1.82) is 0 Å². The number of anilines is 1. The first kappa shape index (κ1) is 24.1. The number of carbonyl (C=O) groups is 3. The van der Waals surface area contributed by atoms with Crippen LogP contribution in [0, 0.1) is 0 Å². The summed E-state index contributed by atoms with van der Waals surface area (Å²) in [6.07, 6.45) is -1.70. The Hall–Kier alpha value is -1.91. The number of nitrogens with one attached hydrogen (secondary N) is 3. The van der Waals surface area contributed by atoms with Crippen molar-refractivity contribution < 1.29 is 23.9 Å². The minimum atomic E-state index is -1.38. The van der Waals surface area contributed by atoms with E-state index in [4.69, 9.17) is 32.7 Å². The summed E-state index contributed by atoms with van der Waals surface area (Å²) in [7, 11) is 4.25. The third-order valence-corrected chi connectivity index (χ3v) is 4.16. The van der Waals surface area contributed by atoms with Crippen molar-refractivity contribution in [3.8, 4) is 0 Å². The van der Waals surface area contributed by atoms with Crippen molar-refractivity contribution in [2.75, 3.05) is 33.1 Å². The predicted octanol–water partition coefficient (Wildman–Crippen LogP) is 0.542. The molecule has 11 heteroatoms. The molecule has 1 aromatic rings. The Balaban J connectivity index is 0.00000190. The van der Waals surface area contributed by atoms with E-state index in [0.717, 1.165) is 0 Å². The van der Waals surface area contributed by atoms with Gasteiger partial charge < -0.3 is 31.2 Å². The Morgan fingerprint density at radius 1 is 1.18 bits per heavy atom. The van der Waals surface area contributed by atoms with Crippen molar-refractivity contribution in [3.63, 3.8) is 0 Å². The van der Waals surface area contributed by atoms with E-state index in [0.29, 0.717) is 22.2 Å². The van der Waals surface area contributed by atoms with Crippen molar-refractivity contribution in [3.05, 3.63) is 28.2 Å². The predicted molar refractivity (Wildman–Crippen MR) is 106 cm³/mol. The van der Waals surface area contributed by atoms with Gasteiger partial charge >= 0.3 is 0 Å². The van der Waals surface area contributed by atoms with Crippen LogP contribution in [0.2, 0.25) is 10.0 Å². The number of nitrogens with two attached hydrogens (primary N) is 1. The van der Waals surface area contributed by atoms with Gasteiger partial charge in [0, 0.05) is 36.3 Å². The molecule has 0 aliphatic carbocycles. The number of likely N-dealkylation sites (N-methyl/N-ethyl adjacent to an activating group) is 1. The Morgan fingerprint density at radius 3 is 2.32 bits per heavy atom. The lowest BCUT2D eigenvalue weighted by atomic mass is 10.1. The standard InChI is InChI=1S/C16H19Cl2N3O5.CH5N/c1-19-14(22)12-6-11(7-26-12)21-16(24)13(25-2)15(23)20-10-4-8(17)3-9(18)5-10;1-2/h3-5,11-13H,6-7H2,1-2H3,(H,19,22)(H,20,23)(H,21,24);2H2,1H3/t11-,12-,13?;/m0./s1. The number of methoxy groups -OCH3 is 1. The largest absolute Gasteiger partial charge is 0.366 e. The summed E-state index contributed by atoms with van der Waals surface area (Å²) in [4.78, 5) is 36.2. The maximum atomic E-state index is 12.3. The molecule has 156 valence electrons. The van der Waals surface area contributed by atoms with Crippen LogP contribution in [0.5, 0.6) is 0 Å². The molecule has 1 unspecified atom stereocenters. The minimum Gasteiger partial charge on any atom is -0.366 e. The molecule has 3 amide bonds. The van der Waals surface area contributed by atoms with Gasteiger partial charge in [-0.3, -0.25) is 14.4 Å². The van der Waals surface area contributed by atoms with Gasteiger partial charge in [-0.15, -0.1) is 0 Å². The van der Waals surface area contributed by atoms with Crippen LogP contribution in [0.1, 0.15) is 6.42 Å². The summed E-state index contributed by atoms with van der Waals surface area (Å²) in [5.41, 5.74) is 4.84. The molecule has 2 rings (SSSR count). The van der Waals surface area contributed by atoms with Crippen LogP contribution in [-0.4, -0.2) is 63.8 Å². The second-order valence-corrected chi connectivity index (χ2v) is 6.51. The zero-order valence-corrected chi connectivity index (χ0v) is 17.3. The van der Waals surface area contributed by atoms with Crippen LogP contribution in [0.4, 0.5) is 5.69 Å². The summed E-state index contributed by atoms with van der Waals surface area (Å²) in [5, 5.41) is 8.34. The third-order valence-electron chi connectivity index (χ3n) is 3.72. The smallest absolute Gasteiger partial charge is 0.263 e. The van der Waals surface area contributed by atoms with E-state index in [1.807, 2.05) is 0 Å². The van der Waals surface area contributed by atoms with Crippen LogP contribution < -0.4 is 21.7 Å². The number of ether oxygens (including phenoxy) is 2. The Labute approximate surface area is 173 Å². The molecule has 5 N–H and O–H groups in total. The normalized spacial score (nSPS) is 19.1. The minimum absolute atomic E-state index is 0.172. The number of hydrogen-bond acceptors (Lipinski definition) is 6. The molecule has 1 aromatic carbocycles. The fourth-order valence-corrected chi connectivity index (χ4v) is 3.04. The second-order valence-electron chi connectivity index (χ2n) is 5.64. The van der Waals surface area contributed by atoms with E-state index in [1.165, 1.54) is 39.4 Å². The number of rotatable bonds is 6. The van der Waals surface area contributed by atoms with Crippen LogP contribution in [-0.2, 0) is 23.9 Å². The summed E-state index contributed by atoms with van der Waals surface area (Å²) in [6, 6.07) is 4.11. The SMILES string of the molecule is CN.CNC(=O)[C@@H]1C[C@H](NC(=O)C(OC)C(=O)Nc2cc(Cl)cc(Cl)c2)CO1. The molecule has 0 bridgehead atoms. The fourth-order valence-electron chi connectivity index (χ4n) is 2.51. The molecule has 1 saturated heterocycles. The lowest BCUT2D eigenvalue weighted by molar-refractivity contribution is -0.140. The van der Waals surface area contributed by atoms with Crippen LogP contribution >= 0.6 is 23.2 Å². The van der Waals surface area contributed by atoms with Gasteiger partial charge in [0.05, 0.1) is 12.6 Å². The van der Waals surface area contributed by atoms with E-state index in [9.17, 15) is 14.4 Å². The highest BCUT2D eigenvalue weighted by atomic mass is 35.5. The van der Waals surface area contributed by atoms with Crippen molar-refractivity contribution >= 4 is 46.6 Å². The second kappa shape index (κ2) is 11.8. The third kappa shape index (κ3) is 6.92. The average molecular weight is 435 g/mol. The Morgan fingerprint density at radius 2 is 1.79 bits per heavy atom. The monoisotopic (exact) mass is 434 g/mol. The zero-order valence-electron chi connectivity index (χ0n) is 15.8. The van der Waals surface area contributed by atoms with E-state index < -0.39 is 30.1 Å². The van der Waals surface area contributed by atoms with E-state index in [1.54, 1.807) is 0 Å². The summed E-state index contributed by atoms with van der Waals surface area (Å²) >= 11 is 11.8. The van der Waals surface area contributed by atoms with E-state index in [-0.39, 0.29) is 12.5 Å². The fraction of sp³-hybridized carbons (Fsp3) is 0.471. The molecule has 1 fully saturated rings. The molecular weight excluding hydrogens is 411 g/mol. The number of hydrogen-bond donors (Lipinski definition) is 4. The van der Waals surface area contributed by atoms with Gasteiger partial charge in [0.25, 0.3) is 11.8 Å². The Bertz CT molecular complexity index is 684. The first-order valence-electron chi connectivity index (χ1n) is 8.35. The zero-order chi connectivity index (χ0) is 21.3. The van der Waals surface area contributed by atoms with Gasteiger partial charge in [-0.2, -0.15) is 0 Å². The van der Waals surface area contributed by atoms with Crippen LogP contribution in [0.25, 0.3) is 0 Å². The van der Waals surface area contributed by atoms with Gasteiger partial charge in [0.1, 0.15) is 6.10 Å². The number of carbonyl (C=O) groups excluding carboxylic acids is 3. The molecule has 1 aliphatic heterocycles. The highest BCUT2D eigenvalue weighted by molar-refractivity contribution is 6.35. The van der Waals surface area contributed by atoms with Gasteiger partial charge in [-0.05, 0) is 25.2 Å². The van der Waals surface area contributed by atoms with Crippen LogP contribution in [0.3, 0.4) is 0 Å². The lowest BCUT2D eigenvalue weighted by Crippen LogP contribution is -2.48. The maximum absolute atomic E-state index is 12.3. The maximum Gasteiger partial charge on any atom is 0.263 e. The number of halogens is 2. The summed E-state index contributed by atoms with van der Waals surface area (Å²) in [6.45, 7) is 0.172. The quantitative estimate of drug-likeness (QED) is 0.483. The molecule has 0 saturated carbocycles.